The van der Waals surface area contributed by atoms with Crippen LogP contribution in [0, 0.1) is 0 Å². The van der Waals surface area contributed by atoms with Crippen molar-refractivity contribution >= 4 is 28.3 Å². The smallest absolute Gasteiger partial charge is 0.213 e. The van der Waals surface area contributed by atoms with Crippen LogP contribution in [0.1, 0.15) is 16.1 Å². The van der Waals surface area contributed by atoms with Gasteiger partial charge in [-0.1, -0.05) is 29.8 Å². The zero-order valence-corrected chi connectivity index (χ0v) is 10.6. The molecule has 0 aliphatic rings. The Labute approximate surface area is 114 Å². The van der Waals surface area contributed by atoms with Gasteiger partial charge in [0.2, 0.25) is 5.78 Å². The maximum absolute atomic E-state index is 12.5. The molecule has 0 amide bonds. The van der Waals surface area contributed by atoms with Gasteiger partial charge in [0, 0.05) is 23.3 Å². The Hall–Kier alpha value is -2.26. The molecule has 3 aromatic rings. The lowest BCUT2D eigenvalue weighted by atomic mass is 10.0. The van der Waals surface area contributed by atoms with E-state index in [0.29, 0.717) is 10.6 Å². The van der Waals surface area contributed by atoms with E-state index in [9.17, 15) is 4.79 Å². The maximum atomic E-state index is 12.5. The molecule has 3 nitrogen and oxygen atoms in total. The van der Waals surface area contributed by atoms with E-state index in [1.165, 1.54) is 0 Å². The standard InChI is InChI=1S/C15H9ClN2O/c16-12-6-3-9-18-14(12)15(19)11-4-1-7-13-10(11)5-2-8-17-13/h1-9H. The van der Waals surface area contributed by atoms with Crippen molar-refractivity contribution in [3.63, 3.8) is 0 Å². The van der Waals surface area contributed by atoms with E-state index >= 15 is 0 Å². The van der Waals surface area contributed by atoms with Crippen molar-refractivity contribution in [3.05, 3.63) is 71.1 Å². The molecule has 2 aromatic heterocycles. The highest BCUT2D eigenvalue weighted by atomic mass is 35.5. The molecular weight excluding hydrogens is 260 g/mol. The monoisotopic (exact) mass is 268 g/mol. The van der Waals surface area contributed by atoms with E-state index in [0.717, 1.165) is 10.9 Å². The molecule has 0 saturated carbocycles. The Morgan fingerprint density at radius 1 is 0.947 bits per heavy atom. The second-order valence-electron chi connectivity index (χ2n) is 4.04. The van der Waals surface area contributed by atoms with Crippen molar-refractivity contribution in [2.45, 2.75) is 0 Å². The summed E-state index contributed by atoms with van der Waals surface area (Å²) in [6, 6.07) is 12.5. The van der Waals surface area contributed by atoms with Gasteiger partial charge in [0.1, 0.15) is 5.69 Å². The lowest BCUT2D eigenvalue weighted by molar-refractivity contribution is 0.103. The third-order valence-electron chi connectivity index (χ3n) is 2.86. The van der Waals surface area contributed by atoms with E-state index in [4.69, 9.17) is 11.6 Å². The third kappa shape index (κ3) is 2.09. The van der Waals surface area contributed by atoms with Gasteiger partial charge in [0.05, 0.1) is 10.5 Å². The molecule has 4 heteroatoms. The number of ketones is 1. The van der Waals surface area contributed by atoms with Gasteiger partial charge in [-0.15, -0.1) is 0 Å². The van der Waals surface area contributed by atoms with E-state index < -0.39 is 0 Å². The number of benzene rings is 1. The average Bonchev–Trinajstić information content (AvgIpc) is 2.46. The molecule has 0 atom stereocenters. The van der Waals surface area contributed by atoms with Gasteiger partial charge in [-0.25, -0.2) is 0 Å². The first-order valence-corrected chi connectivity index (χ1v) is 6.14. The molecule has 2 heterocycles. The highest BCUT2D eigenvalue weighted by Gasteiger charge is 2.16. The first-order valence-electron chi connectivity index (χ1n) is 5.76. The van der Waals surface area contributed by atoms with Gasteiger partial charge in [-0.05, 0) is 24.3 Å². The largest absolute Gasteiger partial charge is 0.287 e. The predicted molar refractivity (Wildman–Crippen MR) is 74.4 cm³/mol. The Balaban J connectivity index is 2.20. The minimum atomic E-state index is -0.191. The molecule has 0 fully saturated rings. The molecule has 0 spiro atoms. The fraction of sp³-hybridized carbons (Fsp3) is 0. The zero-order valence-electron chi connectivity index (χ0n) is 9.88. The van der Waals surface area contributed by atoms with Crippen LogP contribution in [0.15, 0.2) is 54.9 Å². The Morgan fingerprint density at radius 3 is 2.58 bits per heavy atom. The summed E-state index contributed by atoms with van der Waals surface area (Å²) in [4.78, 5) is 20.8. The molecule has 3 rings (SSSR count). The molecule has 0 bridgehead atoms. The Morgan fingerprint density at radius 2 is 1.74 bits per heavy atom. The minimum absolute atomic E-state index is 0.191. The minimum Gasteiger partial charge on any atom is -0.287 e. The van der Waals surface area contributed by atoms with Crippen molar-refractivity contribution in [1.82, 2.24) is 9.97 Å². The van der Waals surface area contributed by atoms with Crippen LogP contribution in [0.25, 0.3) is 10.9 Å². The highest BCUT2D eigenvalue weighted by molar-refractivity contribution is 6.35. The van der Waals surface area contributed by atoms with Crippen molar-refractivity contribution in [3.8, 4) is 0 Å². The molecule has 1 aromatic carbocycles. The summed E-state index contributed by atoms with van der Waals surface area (Å²) < 4.78 is 0. The third-order valence-corrected chi connectivity index (χ3v) is 3.17. The number of halogens is 1. The van der Waals surface area contributed by atoms with Crippen molar-refractivity contribution in [2.75, 3.05) is 0 Å². The zero-order chi connectivity index (χ0) is 13.2. The number of fused-ring (bicyclic) bond motifs is 1. The summed E-state index contributed by atoms with van der Waals surface area (Å²) in [6.45, 7) is 0. The molecular formula is C15H9ClN2O. The first kappa shape index (κ1) is 11.8. The summed E-state index contributed by atoms with van der Waals surface area (Å²) in [5, 5.41) is 1.16. The fourth-order valence-corrected chi connectivity index (χ4v) is 2.19. The lowest BCUT2D eigenvalue weighted by Crippen LogP contribution is -2.05. The summed E-state index contributed by atoms with van der Waals surface area (Å²) in [6.07, 6.45) is 3.26. The van der Waals surface area contributed by atoms with Crippen LogP contribution in [0.5, 0.6) is 0 Å². The van der Waals surface area contributed by atoms with E-state index in [1.54, 1.807) is 42.7 Å². The molecule has 0 saturated heterocycles. The molecule has 19 heavy (non-hydrogen) atoms. The topological polar surface area (TPSA) is 42.9 Å². The molecule has 0 aliphatic heterocycles. The van der Waals surface area contributed by atoms with Crippen LogP contribution < -0.4 is 0 Å². The average molecular weight is 269 g/mol. The molecule has 0 unspecified atom stereocenters. The SMILES string of the molecule is O=C(c1ncccc1Cl)c1cccc2ncccc12. The van der Waals surface area contributed by atoms with Crippen LogP contribution in [-0.4, -0.2) is 15.8 Å². The molecule has 0 radical (unpaired) electrons. The number of hydrogen-bond acceptors (Lipinski definition) is 3. The highest BCUT2D eigenvalue weighted by Crippen LogP contribution is 2.22. The number of carbonyl (C=O) groups is 1. The number of aromatic nitrogens is 2. The van der Waals surface area contributed by atoms with Crippen molar-refractivity contribution in [2.24, 2.45) is 0 Å². The van der Waals surface area contributed by atoms with Crippen LogP contribution >= 0.6 is 11.6 Å². The summed E-state index contributed by atoms with van der Waals surface area (Å²) in [5.41, 5.74) is 1.60. The van der Waals surface area contributed by atoms with Gasteiger partial charge in [0.25, 0.3) is 0 Å². The summed E-state index contributed by atoms with van der Waals surface area (Å²) in [7, 11) is 0. The lowest BCUT2D eigenvalue weighted by Gasteiger charge is -2.05. The van der Waals surface area contributed by atoms with Gasteiger partial charge in [-0.2, -0.15) is 0 Å². The van der Waals surface area contributed by atoms with E-state index in [-0.39, 0.29) is 11.5 Å². The van der Waals surface area contributed by atoms with Crippen LogP contribution in [0.3, 0.4) is 0 Å². The van der Waals surface area contributed by atoms with E-state index in [1.807, 2.05) is 12.1 Å². The first-order chi connectivity index (χ1) is 9.27. The number of carbonyl (C=O) groups excluding carboxylic acids is 1. The van der Waals surface area contributed by atoms with Gasteiger partial charge < -0.3 is 0 Å². The summed E-state index contributed by atoms with van der Waals surface area (Å²) >= 11 is 6.02. The number of rotatable bonds is 2. The van der Waals surface area contributed by atoms with Crippen LogP contribution in [0.2, 0.25) is 5.02 Å². The molecule has 0 aliphatic carbocycles. The van der Waals surface area contributed by atoms with Gasteiger partial charge in [-0.3, -0.25) is 14.8 Å². The number of hydrogen-bond donors (Lipinski definition) is 0. The quantitative estimate of drug-likeness (QED) is 0.668. The van der Waals surface area contributed by atoms with Crippen molar-refractivity contribution in [1.29, 1.82) is 0 Å². The number of nitrogens with zero attached hydrogens (tertiary/aromatic N) is 2. The second-order valence-corrected chi connectivity index (χ2v) is 4.45. The second kappa shape index (κ2) is 4.78. The van der Waals surface area contributed by atoms with Crippen LogP contribution in [0.4, 0.5) is 0 Å². The Bertz CT molecular complexity index is 765. The Kier molecular flexibility index (Phi) is 2.97. The van der Waals surface area contributed by atoms with Crippen LogP contribution in [-0.2, 0) is 0 Å². The predicted octanol–water partition coefficient (Wildman–Crippen LogP) is 3.51. The molecule has 0 N–H and O–H groups in total. The number of pyridine rings is 2. The fourth-order valence-electron chi connectivity index (χ4n) is 1.98. The molecule has 92 valence electrons. The van der Waals surface area contributed by atoms with Gasteiger partial charge >= 0.3 is 0 Å². The summed E-state index contributed by atoms with van der Waals surface area (Å²) in [5.74, 6) is -0.191. The van der Waals surface area contributed by atoms with Gasteiger partial charge in [0.15, 0.2) is 0 Å². The van der Waals surface area contributed by atoms with Crippen molar-refractivity contribution < 1.29 is 4.79 Å². The normalized spacial score (nSPS) is 10.6. The van der Waals surface area contributed by atoms with E-state index in [2.05, 4.69) is 9.97 Å². The maximum Gasteiger partial charge on any atom is 0.213 e.